The molecule has 0 amide bonds. The van der Waals surface area contributed by atoms with Gasteiger partial charge in [-0.3, -0.25) is 0 Å². The first-order chi connectivity index (χ1) is 18.6. The lowest BCUT2D eigenvalue weighted by Gasteiger charge is -2.34. The molecule has 3 N–H and O–H groups in total. The van der Waals surface area contributed by atoms with Gasteiger partial charge < -0.3 is 20.4 Å². The summed E-state index contributed by atoms with van der Waals surface area (Å²) in [5, 5.41) is 14.4. The number of aromatic nitrogens is 1. The lowest BCUT2D eigenvalue weighted by molar-refractivity contribution is -0.160. The molecule has 0 aliphatic heterocycles. The van der Waals surface area contributed by atoms with E-state index in [-0.39, 0.29) is 10.7 Å². The topological polar surface area (TPSA) is 124 Å². The Bertz CT molecular complexity index is 1370. The highest BCUT2D eigenvalue weighted by Crippen LogP contribution is 2.47. The fourth-order valence-electron chi connectivity index (χ4n) is 4.30. The van der Waals surface area contributed by atoms with Crippen LogP contribution >= 0.6 is 11.3 Å². The summed E-state index contributed by atoms with van der Waals surface area (Å²) in [6.07, 6.45) is 0. The van der Waals surface area contributed by atoms with Crippen molar-refractivity contribution >= 4 is 34.0 Å². The fraction of sp³-hybridized carbons (Fsp3) is 0.200. The first-order valence-corrected chi connectivity index (χ1v) is 13.0. The van der Waals surface area contributed by atoms with E-state index >= 15 is 0 Å². The van der Waals surface area contributed by atoms with Gasteiger partial charge in [-0.2, -0.15) is 0 Å². The number of esters is 1. The van der Waals surface area contributed by atoms with Gasteiger partial charge in [0, 0.05) is 0 Å². The van der Waals surface area contributed by atoms with Crippen LogP contribution in [0.25, 0.3) is 0 Å². The third-order valence-electron chi connectivity index (χ3n) is 5.78. The molecule has 0 aliphatic rings. The summed E-state index contributed by atoms with van der Waals surface area (Å²) in [5.41, 5.74) is 7.00. The Balaban J connectivity index is 1.86. The number of benzene rings is 3. The third-order valence-corrected chi connectivity index (χ3v) is 6.78. The molecule has 1 heterocycles. The maximum absolute atomic E-state index is 12.2. The molecule has 0 aliphatic carbocycles. The maximum atomic E-state index is 12.2. The van der Waals surface area contributed by atoms with Crippen molar-refractivity contribution in [3.8, 4) is 0 Å². The zero-order valence-corrected chi connectivity index (χ0v) is 22.6. The Kier molecular flexibility index (Phi) is 8.11. The number of carbonyl (C=O) groups excluding carboxylic acids is 1. The summed E-state index contributed by atoms with van der Waals surface area (Å²) < 4.78 is 5.19. The minimum Gasteiger partial charge on any atom is -0.476 e. The summed E-state index contributed by atoms with van der Waals surface area (Å²) in [4.78, 5) is 34.1. The molecular formula is C30H29N3O5S. The number of hydrogen-bond acceptors (Lipinski definition) is 8. The summed E-state index contributed by atoms with van der Waals surface area (Å²) >= 11 is 1.17. The minimum atomic E-state index is -1.40. The van der Waals surface area contributed by atoms with Crippen molar-refractivity contribution in [2.45, 2.75) is 31.8 Å². The smallest absolute Gasteiger partial charge is 0.360 e. The number of carboxylic acids is 1. The van der Waals surface area contributed by atoms with Crippen LogP contribution < -0.4 is 5.73 Å². The largest absolute Gasteiger partial charge is 0.476 e. The van der Waals surface area contributed by atoms with Gasteiger partial charge in [0.2, 0.25) is 12.3 Å². The second kappa shape index (κ2) is 11.5. The van der Waals surface area contributed by atoms with Gasteiger partial charge in [0.1, 0.15) is 21.3 Å². The third kappa shape index (κ3) is 5.99. The van der Waals surface area contributed by atoms with E-state index in [2.05, 4.69) is 5.16 Å². The van der Waals surface area contributed by atoms with Crippen LogP contribution in [0.2, 0.25) is 0 Å². The molecule has 1 aromatic heterocycles. The van der Waals surface area contributed by atoms with E-state index in [1.807, 2.05) is 91.0 Å². The Morgan fingerprint density at radius 2 is 1.33 bits per heavy atom. The van der Waals surface area contributed by atoms with Crippen LogP contribution in [0.5, 0.6) is 0 Å². The van der Waals surface area contributed by atoms with Crippen LogP contribution in [0.3, 0.4) is 0 Å². The Hall–Kier alpha value is -4.50. The van der Waals surface area contributed by atoms with Gasteiger partial charge in [-0.15, -0.1) is 0 Å². The van der Waals surface area contributed by atoms with Crippen molar-refractivity contribution in [2.24, 2.45) is 5.16 Å². The van der Waals surface area contributed by atoms with Crippen molar-refractivity contribution in [3.05, 3.63) is 118 Å². The van der Waals surface area contributed by atoms with E-state index in [4.69, 9.17) is 20.3 Å². The summed E-state index contributed by atoms with van der Waals surface area (Å²) in [6, 6.07) is 29.5. The van der Waals surface area contributed by atoms with Gasteiger partial charge in [0.15, 0.2) is 0 Å². The number of carbonyl (C=O) groups is 2. The van der Waals surface area contributed by atoms with Gasteiger partial charge in [-0.1, -0.05) is 107 Å². The molecule has 0 unspecified atom stereocenters. The van der Waals surface area contributed by atoms with Crippen LogP contribution in [0.4, 0.5) is 5.00 Å². The molecule has 3 aromatic carbocycles. The number of rotatable bonds is 9. The number of carboxylic acid groups (broad SMARTS) is 1. The molecule has 8 nitrogen and oxygen atoms in total. The van der Waals surface area contributed by atoms with Crippen LogP contribution in [0.1, 0.15) is 48.2 Å². The van der Waals surface area contributed by atoms with Crippen LogP contribution in [0.15, 0.2) is 96.2 Å². The molecule has 0 bridgehead atoms. The number of oxime groups is 1. The fourth-order valence-corrected chi connectivity index (χ4v) is 5.39. The molecule has 200 valence electrons. The second-order valence-electron chi connectivity index (χ2n) is 9.68. The quantitative estimate of drug-likeness (QED) is 0.128. The molecule has 0 saturated heterocycles. The number of aliphatic carboxylic acids is 1. The van der Waals surface area contributed by atoms with Gasteiger partial charge in [-0.25, -0.2) is 14.6 Å². The van der Waals surface area contributed by atoms with Crippen molar-refractivity contribution in [3.63, 3.8) is 0 Å². The lowest BCUT2D eigenvalue weighted by Crippen LogP contribution is -2.31. The molecule has 0 radical (unpaired) electrons. The number of hydrogen-bond donors (Lipinski definition) is 2. The van der Waals surface area contributed by atoms with Gasteiger partial charge in [0.05, 0.1) is 5.41 Å². The van der Waals surface area contributed by atoms with E-state index < -0.39 is 35.3 Å². The maximum Gasteiger partial charge on any atom is 0.360 e. The highest BCUT2D eigenvalue weighted by atomic mass is 32.1. The second-order valence-corrected chi connectivity index (χ2v) is 10.7. The zero-order valence-electron chi connectivity index (χ0n) is 21.8. The first kappa shape index (κ1) is 27.5. The number of thiazole rings is 1. The number of anilines is 1. The normalized spacial score (nSPS) is 12.1. The molecule has 4 aromatic rings. The molecule has 39 heavy (non-hydrogen) atoms. The number of nitrogens with zero attached hydrogens (tertiary/aromatic N) is 2. The Morgan fingerprint density at radius 1 is 0.872 bits per heavy atom. The Labute approximate surface area is 230 Å². The minimum absolute atomic E-state index is 0.0427. The average molecular weight is 544 g/mol. The number of ether oxygens (including phenoxy) is 1. The predicted octanol–water partition coefficient (Wildman–Crippen LogP) is 5.26. The lowest BCUT2D eigenvalue weighted by atomic mass is 9.70. The molecule has 0 atom stereocenters. The Morgan fingerprint density at radius 3 is 1.74 bits per heavy atom. The van der Waals surface area contributed by atoms with Crippen molar-refractivity contribution in [2.75, 3.05) is 12.3 Å². The molecule has 0 saturated carbocycles. The van der Waals surface area contributed by atoms with Crippen LogP contribution in [0, 0.1) is 0 Å². The molecule has 0 fully saturated rings. The van der Waals surface area contributed by atoms with Gasteiger partial charge in [-0.05, 0) is 37.5 Å². The van der Waals surface area contributed by atoms with Crippen LogP contribution in [-0.2, 0) is 24.6 Å². The van der Waals surface area contributed by atoms with E-state index in [1.54, 1.807) is 20.8 Å². The van der Waals surface area contributed by atoms with E-state index in [0.29, 0.717) is 5.01 Å². The van der Waals surface area contributed by atoms with E-state index in [9.17, 15) is 14.7 Å². The van der Waals surface area contributed by atoms with Crippen molar-refractivity contribution in [1.82, 2.24) is 4.98 Å². The molecule has 9 heteroatoms. The van der Waals surface area contributed by atoms with E-state index in [0.717, 1.165) is 16.7 Å². The highest BCUT2D eigenvalue weighted by molar-refractivity contribution is 7.16. The monoisotopic (exact) mass is 543 g/mol. The van der Waals surface area contributed by atoms with Gasteiger partial charge >= 0.3 is 11.9 Å². The number of nitrogens with two attached hydrogens (primary N) is 1. The average Bonchev–Trinajstić information content (AvgIpc) is 3.28. The molecule has 0 spiro atoms. The van der Waals surface area contributed by atoms with Crippen molar-refractivity contribution < 1.29 is 24.3 Å². The zero-order chi connectivity index (χ0) is 28.0. The van der Waals surface area contributed by atoms with Crippen molar-refractivity contribution in [1.29, 1.82) is 0 Å². The number of nitrogen functional groups attached to an aromatic ring is 1. The predicted molar refractivity (Wildman–Crippen MR) is 151 cm³/mol. The molecule has 4 rings (SSSR count). The van der Waals surface area contributed by atoms with E-state index in [1.165, 1.54) is 11.3 Å². The summed E-state index contributed by atoms with van der Waals surface area (Å²) in [5.74, 6) is -2.08. The van der Waals surface area contributed by atoms with Gasteiger partial charge in [0.25, 0.3) is 0 Å². The summed E-state index contributed by atoms with van der Waals surface area (Å²) in [6.45, 7) is 4.58. The van der Waals surface area contributed by atoms with Crippen LogP contribution in [-0.4, -0.2) is 39.9 Å². The molecular weight excluding hydrogens is 514 g/mol. The first-order valence-electron chi connectivity index (χ1n) is 12.2. The summed E-state index contributed by atoms with van der Waals surface area (Å²) in [7, 11) is 0. The SMILES string of the molecule is CC(C)(C)OC(=O)CO/N=C(\C(=O)O)c1nc(C(c2ccccc2)(c2ccccc2)c2ccccc2)sc1N. The standard InChI is InChI=1S/C30H29N3O5S/c1-29(2,3)38-23(34)19-37-33-25(27(35)36)24-26(31)39-28(32-24)30(20-13-7-4-8-14-20,21-15-9-5-10-16-21)22-17-11-6-12-18-22/h4-18H,19,31H2,1-3H3,(H,35,36)/b33-25-. The highest BCUT2D eigenvalue weighted by Gasteiger charge is 2.42.